The molecule has 0 saturated carbocycles. The number of aromatic hydroxyl groups is 1. The predicted octanol–water partition coefficient (Wildman–Crippen LogP) is 3.36. The number of halogens is 1. The highest BCUT2D eigenvalue weighted by atomic mass is 35.5. The van der Waals surface area contributed by atoms with E-state index in [4.69, 9.17) is 11.6 Å². The second-order valence-corrected chi connectivity index (χ2v) is 5.23. The summed E-state index contributed by atoms with van der Waals surface area (Å²) >= 11 is 5.84. The Morgan fingerprint density at radius 1 is 1.17 bits per heavy atom. The van der Waals surface area contributed by atoms with Crippen molar-refractivity contribution in [3.05, 3.63) is 70.9 Å². The Morgan fingerprint density at radius 3 is 2.87 bits per heavy atom. The van der Waals surface area contributed by atoms with Crippen molar-refractivity contribution < 1.29 is 9.90 Å². The van der Waals surface area contributed by atoms with Gasteiger partial charge in [0.1, 0.15) is 11.4 Å². The maximum Gasteiger partial charge on any atom is 0.289 e. The second kappa shape index (κ2) is 6.46. The van der Waals surface area contributed by atoms with Gasteiger partial charge in [0.25, 0.3) is 5.91 Å². The van der Waals surface area contributed by atoms with Gasteiger partial charge in [0, 0.05) is 16.0 Å². The minimum Gasteiger partial charge on any atom is -0.507 e. The molecule has 3 aromatic rings. The van der Waals surface area contributed by atoms with Gasteiger partial charge < -0.3 is 5.11 Å². The number of para-hydroxylation sites is 1. The Balaban J connectivity index is 1.75. The first-order valence-corrected chi connectivity index (χ1v) is 7.19. The maximum absolute atomic E-state index is 12.1. The Kier molecular flexibility index (Phi) is 4.21. The molecule has 1 aromatic heterocycles. The number of benzene rings is 2. The Hall–Kier alpha value is -2.92. The molecule has 0 fully saturated rings. The van der Waals surface area contributed by atoms with Crippen LogP contribution in [0.25, 0.3) is 10.9 Å². The molecule has 1 heterocycles. The van der Waals surface area contributed by atoms with Crippen LogP contribution < -0.4 is 5.43 Å². The van der Waals surface area contributed by atoms with Crippen molar-refractivity contribution in [3.63, 3.8) is 0 Å². The van der Waals surface area contributed by atoms with Gasteiger partial charge in [-0.1, -0.05) is 35.9 Å². The first-order chi connectivity index (χ1) is 11.1. The topological polar surface area (TPSA) is 74.6 Å². The second-order valence-electron chi connectivity index (χ2n) is 4.79. The van der Waals surface area contributed by atoms with Crippen LogP contribution in [0.3, 0.4) is 0 Å². The maximum atomic E-state index is 12.1. The van der Waals surface area contributed by atoms with Gasteiger partial charge in [-0.25, -0.2) is 10.4 Å². The van der Waals surface area contributed by atoms with Crippen LogP contribution in [0.4, 0.5) is 0 Å². The zero-order valence-electron chi connectivity index (χ0n) is 11.9. The van der Waals surface area contributed by atoms with Crippen molar-refractivity contribution >= 4 is 34.6 Å². The molecule has 0 aliphatic rings. The van der Waals surface area contributed by atoms with Crippen molar-refractivity contribution in [2.45, 2.75) is 0 Å². The Bertz CT molecular complexity index is 909. The largest absolute Gasteiger partial charge is 0.507 e. The minimum atomic E-state index is -0.437. The summed E-state index contributed by atoms with van der Waals surface area (Å²) in [7, 11) is 0. The molecule has 114 valence electrons. The lowest BCUT2D eigenvalue weighted by Gasteiger charge is -2.02. The SMILES string of the molecule is O=C(NN=Cc1cc(Cl)ccc1O)c1ccc2ccccc2n1. The first-order valence-electron chi connectivity index (χ1n) is 6.81. The number of pyridine rings is 1. The van der Waals surface area contributed by atoms with Crippen LogP contribution in [0.2, 0.25) is 5.02 Å². The summed E-state index contributed by atoms with van der Waals surface area (Å²) in [4.78, 5) is 16.3. The van der Waals surface area contributed by atoms with Crippen LogP contribution in [-0.2, 0) is 0 Å². The Labute approximate surface area is 137 Å². The molecule has 6 heteroatoms. The summed E-state index contributed by atoms with van der Waals surface area (Å²) < 4.78 is 0. The molecule has 0 bridgehead atoms. The van der Waals surface area contributed by atoms with E-state index in [1.54, 1.807) is 18.2 Å². The van der Waals surface area contributed by atoms with Gasteiger partial charge in [0.2, 0.25) is 0 Å². The summed E-state index contributed by atoms with van der Waals surface area (Å²) in [6, 6.07) is 15.5. The number of hydrazone groups is 1. The summed E-state index contributed by atoms with van der Waals surface area (Å²) in [6.07, 6.45) is 1.32. The van der Waals surface area contributed by atoms with Gasteiger partial charge >= 0.3 is 0 Å². The number of carbonyl (C=O) groups excluding carboxylic acids is 1. The van der Waals surface area contributed by atoms with Crippen molar-refractivity contribution in [2.75, 3.05) is 0 Å². The smallest absolute Gasteiger partial charge is 0.289 e. The molecule has 0 aliphatic heterocycles. The van der Waals surface area contributed by atoms with E-state index in [-0.39, 0.29) is 11.4 Å². The molecule has 0 unspecified atom stereocenters. The highest BCUT2D eigenvalue weighted by molar-refractivity contribution is 6.30. The fraction of sp³-hybridized carbons (Fsp3) is 0. The highest BCUT2D eigenvalue weighted by Crippen LogP contribution is 2.19. The van der Waals surface area contributed by atoms with Crippen molar-refractivity contribution in [2.24, 2.45) is 5.10 Å². The molecule has 23 heavy (non-hydrogen) atoms. The number of fused-ring (bicyclic) bond motifs is 1. The van der Waals surface area contributed by atoms with Crippen molar-refractivity contribution in [1.29, 1.82) is 0 Å². The van der Waals surface area contributed by atoms with E-state index in [1.807, 2.05) is 30.3 Å². The third kappa shape index (κ3) is 3.46. The molecular formula is C17H12ClN3O2. The van der Waals surface area contributed by atoms with Gasteiger partial charge in [0.15, 0.2) is 0 Å². The number of aromatic nitrogens is 1. The van der Waals surface area contributed by atoms with Crippen LogP contribution in [0.15, 0.2) is 59.7 Å². The summed E-state index contributed by atoms with van der Waals surface area (Å²) in [5.41, 5.74) is 3.77. The van der Waals surface area contributed by atoms with E-state index in [0.29, 0.717) is 10.6 Å². The lowest BCUT2D eigenvalue weighted by atomic mass is 10.2. The molecule has 0 spiro atoms. The standard InChI is InChI=1S/C17H12ClN3O2/c18-13-6-8-16(22)12(9-13)10-19-21-17(23)15-7-5-11-3-1-2-4-14(11)20-15/h1-10,22H,(H,21,23). The number of nitrogens with one attached hydrogen (secondary N) is 1. The molecule has 0 atom stereocenters. The monoisotopic (exact) mass is 325 g/mol. The zero-order chi connectivity index (χ0) is 16.2. The number of hydrogen-bond acceptors (Lipinski definition) is 4. The van der Waals surface area contributed by atoms with E-state index >= 15 is 0 Å². The summed E-state index contributed by atoms with van der Waals surface area (Å²) in [5, 5.41) is 14.9. The van der Waals surface area contributed by atoms with Crippen LogP contribution in [0.1, 0.15) is 16.1 Å². The van der Waals surface area contributed by atoms with Crippen molar-refractivity contribution in [3.8, 4) is 5.75 Å². The fourth-order valence-electron chi connectivity index (χ4n) is 2.04. The van der Waals surface area contributed by atoms with Gasteiger partial charge in [-0.3, -0.25) is 4.79 Å². The van der Waals surface area contributed by atoms with E-state index in [2.05, 4.69) is 15.5 Å². The number of carbonyl (C=O) groups is 1. The molecule has 0 radical (unpaired) electrons. The summed E-state index contributed by atoms with van der Waals surface area (Å²) in [5.74, 6) is -0.412. The minimum absolute atomic E-state index is 0.0243. The molecule has 0 saturated heterocycles. The molecule has 3 rings (SSSR count). The molecule has 0 aliphatic carbocycles. The zero-order valence-corrected chi connectivity index (χ0v) is 12.7. The average molecular weight is 326 g/mol. The number of nitrogens with zero attached hydrogens (tertiary/aromatic N) is 2. The van der Waals surface area contributed by atoms with Gasteiger partial charge in [-0.2, -0.15) is 5.10 Å². The molecule has 1 amide bonds. The van der Waals surface area contributed by atoms with E-state index < -0.39 is 5.91 Å². The van der Waals surface area contributed by atoms with Crippen LogP contribution >= 0.6 is 11.6 Å². The quantitative estimate of drug-likeness (QED) is 0.573. The van der Waals surface area contributed by atoms with Gasteiger partial charge in [-0.15, -0.1) is 0 Å². The summed E-state index contributed by atoms with van der Waals surface area (Å²) in [6.45, 7) is 0. The van der Waals surface area contributed by atoms with Gasteiger partial charge in [-0.05, 0) is 30.3 Å². The van der Waals surface area contributed by atoms with Crippen molar-refractivity contribution in [1.82, 2.24) is 10.4 Å². The molecule has 5 nitrogen and oxygen atoms in total. The van der Waals surface area contributed by atoms with Crippen LogP contribution in [0.5, 0.6) is 5.75 Å². The van der Waals surface area contributed by atoms with E-state index in [1.165, 1.54) is 12.3 Å². The molecule has 2 N–H and O–H groups in total. The predicted molar refractivity (Wildman–Crippen MR) is 89.9 cm³/mol. The highest BCUT2D eigenvalue weighted by Gasteiger charge is 2.07. The lowest BCUT2D eigenvalue weighted by Crippen LogP contribution is -2.18. The lowest BCUT2D eigenvalue weighted by molar-refractivity contribution is 0.0950. The number of phenols is 1. The Morgan fingerprint density at radius 2 is 2.00 bits per heavy atom. The first kappa shape index (κ1) is 15.0. The van der Waals surface area contributed by atoms with E-state index in [0.717, 1.165) is 10.9 Å². The third-order valence-corrected chi connectivity index (χ3v) is 3.43. The number of rotatable bonds is 3. The van der Waals surface area contributed by atoms with E-state index in [9.17, 15) is 9.90 Å². The molecular weight excluding hydrogens is 314 g/mol. The number of phenolic OH excluding ortho intramolecular Hbond substituents is 1. The third-order valence-electron chi connectivity index (χ3n) is 3.19. The number of hydrogen-bond donors (Lipinski definition) is 2. The van der Waals surface area contributed by atoms with Crippen LogP contribution in [0, 0.1) is 0 Å². The number of amides is 1. The fourth-order valence-corrected chi connectivity index (χ4v) is 2.22. The normalized spacial score (nSPS) is 11.0. The van der Waals surface area contributed by atoms with Gasteiger partial charge in [0.05, 0.1) is 11.7 Å². The molecule has 2 aromatic carbocycles. The average Bonchev–Trinajstić information content (AvgIpc) is 2.57. The van der Waals surface area contributed by atoms with Crippen LogP contribution in [-0.4, -0.2) is 22.2 Å².